The third kappa shape index (κ3) is 3.49. The zero-order valence-electron chi connectivity index (χ0n) is 10.6. The van der Waals surface area contributed by atoms with E-state index in [1.807, 2.05) is 6.26 Å². The number of thioether (sulfide) groups is 1. The molecule has 0 bridgehead atoms. The number of benzene rings is 1. The van der Waals surface area contributed by atoms with E-state index in [4.69, 9.17) is 0 Å². The number of hydrogen-bond acceptors (Lipinski definition) is 2. The minimum absolute atomic E-state index is 0.314. The highest BCUT2D eigenvalue weighted by molar-refractivity contribution is 7.98. The Morgan fingerprint density at radius 2 is 1.82 bits per heavy atom. The molecule has 0 radical (unpaired) electrons. The molecule has 1 nitrogen and oxygen atoms in total. The molecule has 17 heavy (non-hydrogen) atoms. The zero-order valence-corrected chi connectivity index (χ0v) is 11.4. The highest BCUT2D eigenvalue weighted by Gasteiger charge is 2.15. The summed E-state index contributed by atoms with van der Waals surface area (Å²) in [6.45, 7) is 0. The van der Waals surface area contributed by atoms with E-state index in [0.29, 0.717) is 0 Å². The fourth-order valence-corrected chi connectivity index (χ4v) is 3.19. The van der Waals surface area contributed by atoms with Crippen LogP contribution in [0.2, 0.25) is 0 Å². The molecule has 0 amide bonds. The van der Waals surface area contributed by atoms with Crippen molar-refractivity contribution in [2.45, 2.75) is 44.1 Å². The van der Waals surface area contributed by atoms with Crippen molar-refractivity contribution < 1.29 is 5.11 Å². The molecule has 0 spiro atoms. The maximum absolute atomic E-state index is 9.90. The summed E-state index contributed by atoms with van der Waals surface area (Å²) in [6, 6.07) is 8.64. The highest BCUT2D eigenvalue weighted by Crippen LogP contribution is 2.33. The molecule has 94 valence electrons. The van der Waals surface area contributed by atoms with Gasteiger partial charge in [-0.1, -0.05) is 43.5 Å². The van der Waals surface area contributed by atoms with Crippen molar-refractivity contribution in [1.29, 1.82) is 0 Å². The van der Waals surface area contributed by atoms with Crippen LogP contribution in [-0.2, 0) is 0 Å². The van der Waals surface area contributed by atoms with Crippen LogP contribution in [0.5, 0.6) is 0 Å². The molecule has 1 fully saturated rings. The van der Waals surface area contributed by atoms with Gasteiger partial charge in [0.1, 0.15) is 0 Å². The summed E-state index contributed by atoms with van der Waals surface area (Å²) in [5.74, 6) is 1.54. The second-order valence-corrected chi connectivity index (χ2v) is 5.88. The molecule has 0 aromatic heterocycles. The standard InChI is InChI=1S/C15H22OS/c1-17-11-15(16)14-9-7-13(8-10-14)12-5-3-2-4-6-12/h7-10,12,15-16H,2-6,11H2,1H3. The van der Waals surface area contributed by atoms with Gasteiger partial charge in [0, 0.05) is 5.75 Å². The molecule has 1 N–H and O–H groups in total. The van der Waals surface area contributed by atoms with E-state index in [0.717, 1.165) is 17.2 Å². The van der Waals surface area contributed by atoms with E-state index >= 15 is 0 Å². The zero-order chi connectivity index (χ0) is 12.1. The summed E-state index contributed by atoms with van der Waals surface area (Å²) in [5, 5.41) is 9.90. The molecule has 1 unspecified atom stereocenters. The van der Waals surface area contributed by atoms with Gasteiger partial charge in [0.05, 0.1) is 6.10 Å². The van der Waals surface area contributed by atoms with Gasteiger partial charge in [-0.3, -0.25) is 0 Å². The lowest BCUT2D eigenvalue weighted by Crippen LogP contribution is -2.05. The van der Waals surface area contributed by atoms with Gasteiger partial charge in [0.2, 0.25) is 0 Å². The van der Waals surface area contributed by atoms with Crippen molar-refractivity contribution >= 4 is 11.8 Å². The number of aliphatic hydroxyl groups excluding tert-OH is 1. The number of rotatable bonds is 4. The predicted octanol–water partition coefficient (Wildman–Crippen LogP) is 4.13. The van der Waals surface area contributed by atoms with Crippen LogP contribution in [0.4, 0.5) is 0 Å². The first kappa shape index (κ1) is 13.0. The Morgan fingerprint density at radius 1 is 1.18 bits per heavy atom. The third-order valence-corrected chi connectivity index (χ3v) is 4.37. The van der Waals surface area contributed by atoms with E-state index < -0.39 is 0 Å². The van der Waals surface area contributed by atoms with Gasteiger partial charge < -0.3 is 5.11 Å². The first-order valence-electron chi connectivity index (χ1n) is 6.58. The van der Waals surface area contributed by atoms with E-state index in [9.17, 15) is 5.11 Å². The van der Waals surface area contributed by atoms with E-state index in [2.05, 4.69) is 24.3 Å². The third-order valence-electron chi connectivity index (χ3n) is 3.72. The summed E-state index contributed by atoms with van der Waals surface area (Å²) >= 11 is 1.69. The van der Waals surface area contributed by atoms with Crippen LogP contribution in [-0.4, -0.2) is 17.1 Å². The van der Waals surface area contributed by atoms with Crippen LogP contribution in [0.15, 0.2) is 24.3 Å². The van der Waals surface area contributed by atoms with E-state index in [1.54, 1.807) is 11.8 Å². The molecule has 0 aliphatic heterocycles. The molecule has 0 heterocycles. The fraction of sp³-hybridized carbons (Fsp3) is 0.600. The van der Waals surface area contributed by atoms with Crippen LogP contribution in [0.25, 0.3) is 0 Å². The molecule has 1 aliphatic carbocycles. The number of aliphatic hydroxyl groups is 1. The van der Waals surface area contributed by atoms with Gasteiger partial charge in [-0.25, -0.2) is 0 Å². The molecular formula is C15H22OS. The van der Waals surface area contributed by atoms with Crippen LogP contribution in [0.3, 0.4) is 0 Å². The normalized spacial score (nSPS) is 19.2. The van der Waals surface area contributed by atoms with Crippen molar-refractivity contribution in [1.82, 2.24) is 0 Å². The minimum atomic E-state index is -0.314. The summed E-state index contributed by atoms with van der Waals surface area (Å²) in [4.78, 5) is 0. The summed E-state index contributed by atoms with van der Waals surface area (Å²) in [6.07, 6.45) is 8.55. The second kappa shape index (κ2) is 6.46. The summed E-state index contributed by atoms with van der Waals surface area (Å²) < 4.78 is 0. The first-order valence-corrected chi connectivity index (χ1v) is 7.97. The Morgan fingerprint density at radius 3 is 2.41 bits per heavy atom. The minimum Gasteiger partial charge on any atom is -0.388 e. The molecule has 1 aromatic carbocycles. The smallest absolute Gasteiger partial charge is 0.0880 e. The van der Waals surface area contributed by atoms with Crippen molar-refractivity contribution in [2.75, 3.05) is 12.0 Å². The van der Waals surface area contributed by atoms with E-state index in [-0.39, 0.29) is 6.10 Å². The van der Waals surface area contributed by atoms with Crippen molar-refractivity contribution in [2.24, 2.45) is 0 Å². The van der Waals surface area contributed by atoms with Crippen molar-refractivity contribution in [3.05, 3.63) is 35.4 Å². The lowest BCUT2D eigenvalue weighted by atomic mass is 9.84. The number of hydrogen-bond donors (Lipinski definition) is 1. The summed E-state index contributed by atoms with van der Waals surface area (Å²) in [5.41, 5.74) is 2.52. The SMILES string of the molecule is CSCC(O)c1ccc(C2CCCCC2)cc1. The molecule has 2 rings (SSSR count). The average molecular weight is 250 g/mol. The van der Waals surface area contributed by atoms with E-state index in [1.165, 1.54) is 37.7 Å². The van der Waals surface area contributed by atoms with Crippen molar-refractivity contribution in [3.63, 3.8) is 0 Å². The van der Waals surface area contributed by atoms with Gasteiger partial charge in [0.25, 0.3) is 0 Å². The Hall–Kier alpha value is -0.470. The monoisotopic (exact) mass is 250 g/mol. The lowest BCUT2D eigenvalue weighted by molar-refractivity contribution is 0.204. The molecule has 1 aliphatic rings. The maximum Gasteiger partial charge on any atom is 0.0880 e. The molecule has 1 saturated carbocycles. The quantitative estimate of drug-likeness (QED) is 0.867. The lowest BCUT2D eigenvalue weighted by Gasteiger charge is -2.22. The van der Waals surface area contributed by atoms with Crippen LogP contribution >= 0.6 is 11.8 Å². The fourth-order valence-electron chi connectivity index (χ4n) is 2.68. The Kier molecular flexibility index (Phi) is 4.93. The van der Waals surface area contributed by atoms with Gasteiger partial charge >= 0.3 is 0 Å². The average Bonchev–Trinajstić information content (AvgIpc) is 2.40. The molecule has 0 saturated heterocycles. The topological polar surface area (TPSA) is 20.2 Å². The Balaban J connectivity index is 2.01. The van der Waals surface area contributed by atoms with Crippen LogP contribution < -0.4 is 0 Å². The second-order valence-electron chi connectivity index (χ2n) is 4.97. The van der Waals surface area contributed by atoms with Gasteiger partial charge in [-0.15, -0.1) is 0 Å². The van der Waals surface area contributed by atoms with Gasteiger partial charge in [0.15, 0.2) is 0 Å². The first-order chi connectivity index (χ1) is 8.31. The predicted molar refractivity (Wildman–Crippen MR) is 75.6 cm³/mol. The molecule has 2 heteroatoms. The summed E-state index contributed by atoms with van der Waals surface area (Å²) in [7, 11) is 0. The van der Waals surface area contributed by atoms with Crippen LogP contribution in [0.1, 0.15) is 55.3 Å². The van der Waals surface area contributed by atoms with Gasteiger partial charge in [-0.2, -0.15) is 11.8 Å². The van der Waals surface area contributed by atoms with Crippen molar-refractivity contribution in [3.8, 4) is 0 Å². The molecule has 1 aromatic rings. The maximum atomic E-state index is 9.90. The molecular weight excluding hydrogens is 228 g/mol. The largest absolute Gasteiger partial charge is 0.388 e. The highest BCUT2D eigenvalue weighted by atomic mass is 32.2. The Labute approximate surface area is 109 Å². The van der Waals surface area contributed by atoms with Gasteiger partial charge in [-0.05, 0) is 36.1 Å². The van der Waals surface area contributed by atoms with Crippen LogP contribution in [0, 0.1) is 0 Å². The molecule has 1 atom stereocenters. The Bertz CT molecular complexity index is 327.